The minimum Gasteiger partial charge on any atom is -0.441 e. The molecule has 0 unspecified atom stereocenters. The van der Waals surface area contributed by atoms with Crippen LogP contribution < -0.4 is 10.2 Å². The van der Waals surface area contributed by atoms with E-state index in [1.165, 1.54) is 0 Å². The average molecular weight is 337 g/mol. The number of piperidine rings is 1. The van der Waals surface area contributed by atoms with Gasteiger partial charge in [0.05, 0.1) is 0 Å². The van der Waals surface area contributed by atoms with Crippen molar-refractivity contribution >= 4 is 28.6 Å². The number of carbonyl (C=O) groups is 1. The molecule has 3 aromatic rings. The molecule has 2 aromatic heterocycles. The highest BCUT2D eigenvalue weighted by Crippen LogP contribution is 2.24. The maximum absolute atomic E-state index is 12.5. The highest BCUT2D eigenvalue weighted by atomic mass is 16.3. The van der Waals surface area contributed by atoms with Crippen molar-refractivity contribution < 1.29 is 9.21 Å². The molecule has 3 heterocycles. The second-order valence-electron chi connectivity index (χ2n) is 6.21. The lowest BCUT2D eigenvalue weighted by Gasteiger charge is -2.31. The predicted octanol–water partition coefficient (Wildman–Crippen LogP) is 2.78. The molecule has 0 saturated carbocycles. The zero-order chi connectivity index (χ0) is 17.2. The first-order chi connectivity index (χ1) is 12.2. The third kappa shape index (κ3) is 3.31. The molecule has 7 nitrogen and oxygen atoms in total. The number of oxazole rings is 1. The van der Waals surface area contributed by atoms with Gasteiger partial charge in [0, 0.05) is 44.0 Å². The Kier molecular flexibility index (Phi) is 4.05. The van der Waals surface area contributed by atoms with E-state index in [1.807, 2.05) is 25.1 Å². The van der Waals surface area contributed by atoms with Crippen LogP contribution in [0.1, 0.15) is 18.7 Å². The molecule has 1 aromatic carbocycles. The van der Waals surface area contributed by atoms with Crippen LogP contribution in [-0.4, -0.2) is 33.9 Å². The van der Waals surface area contributed by atoms with E-state index in [0.717, 1.165) is 48.7 Å². The number of aromatic nitrogens is 3. The fourth-order valence-corrected chi connectivity index (χ4v) is 3.16. The van der Waals surface area contributed by atoms with E-state index < -0.39 is 0 Å². The Hall–Kier alpha value is -2.96. The smallest absolute Gasteiger partial charge is 0.227 e. The summed E-state index contributed by atoms with van der Waals surface area (Å²) in [7, 11) is 0. The molecule has 25 heavy (non-hydrogen) atoms. The maximum atomic E-state index is 12.5. The van der Waals surface area contributed by atoms with Crippen molar-refractivity contribution in [3.05, 3.63) is 42.5 Å². The van der Waals surface area contributed by atoms with Crippen molar-refractivity contribution in [3.8, 4) is 0 Å². The lowest BCUT2D eigenvalue weighted by atomic mass is 9.96. The summed E-state index contributed by atoms with van der Waals surface area (Å²) in [6, 6.07) is 7.33. The second-order valence-corrected chi connectivity index (χ2v) is 6.21. The normalized spacial score (nSPS) is 15.5. The number of hydrogen-bond acceptors (Lipinski definition) is 6. The van der Waals surface area contributed by atoms with Crippen LogP contribution in [0.5, 0.6) is 0 Å². The number of hydrogen-bond donors (Lipinski definition) is 1. The van der Waals surface area contributed by atoms with Crippen molar-refractivity contribution in [1.82, 2.24) is 15.0 Å². The highest BCUT2D eigenvalue weighted by molar-refractivity contribution is 5.94. The van der Waals surface area contributed by atoms with Gasteiger partial charge < -0.3 is 14.6 Å². The van der Waals surface area contributed by atoms with Gasteiger partial charge >= 0.3 is 0 Å². The molecule has 7 heteroatoms. The van der Waals surface area contributed by atoms with Gasteiger partial charge in [-0.25, -0.2) is 15.0 Å². The molecule has 1 N–H and O–H groups in total. The van der Waals surface area contributed by atoms with Crippen LogP contribution >= 0.6 is 0 Å². The van der Waals surface area contributed by atoms with Crippen LogP contribution in [0.25, 0.3) is 11.1 Å². The molecule has 0 radical (unpaired) electrons. The molecule has 0 spiro atoms. The van der Waals surface area contributed by atoms with Crippen molar-refractivity contribution in [1.29, 1.82) is 0 Å². The molecule has 1 saturated heterocycles. The van der Waals surface area contributed by atoms with Crippen molar-refractivity contribution in [3.63, 3.8) is 0 Å². The van der Waals surface area contributed by atoms with Gasteiger partial charge in [-0.1, -0.05) is 0 Å². The number of amides is 1. The number of benzene rings is 1. The summed E-state index contributed by atoms with van der Waals surface area (Å²) in [6.07, 6.45) is 5.05. The van der Waals surface area contributed by atoms with Gasteiger partial charge in [-0.15, -0.1) is 0 Å². The molecule has 1 aliphatic rings. The van der Waals surface area contributed by atoms with Gasteiger partial charge in [0.2, 0.25) is 11.9 Å². The van der Waals surface area contributed by atoms with Crippen LogP contribution in [0.3, 0.4) is 0 Å². The molecule has 1 amide bonds. The van der Waals surface area contributed by atoms with Gasteiger partial charge in [-0.2, -0.15) is 0 Å². The zero-order valence-electron chi connectivity index (χ0n) is 14.0. The zero-order valence-corrected chi connectivity index (χ0v) is 14.0. The number of anilines is 2. The van der Waals surface area contributed by atoms with Crippen molar-refractivity contribution in [2.24, 2.45) is 5.92 Å². The van der Waals surface area contributed by atoms with Crippen LogP contribution in [0.15, 0.2) is 41.1 Å². The standard InChI is InChI=1S/C18H19N5O2/c1-12-21-15-11-14(3-4-16(15)25-12)22-17(24)13-5-9-23(10-6-13)18-19-7-2-8-20-18/h2-4,7-8,11,13H,5-6,9-10H2,1H3,(H,22,24). The van der Waals surface area contributed by atoms with Gasteiger partial charge in [0.25, 0.3) is 0 Å². The van der Waals surface area contributed by atoms with Crippen LogP contribution in [0.4, 0.5) is 11.6 Å². The summed E-state index contributed by atoms with van der Waals surface area (Å²) in [6.45, 7) is 3.37. The van der Waals surface area contributed by atoms with Gasteiger partial charge in [0.1, 0.15) is 5.52 Å². The summed E-state index contributed by atoms with van der Waals surface area (Å²) in [5, 5.41) is 3.00. The first-order valence-corrected chi connectivity index (χ1v) is 8.39. The fourth-order valence-electron chi connectivity index (χ4n) is 3.16. The highest BCUT2D eigenvalue weighted by Gasteiger charge is 2.26. The lowest BCUT2D eigenvalue weighted by Crippen LogP contribution is -2.39. The second kappa shape index (κ2) is 6.51. The summed E-state index contributed by atoms with van der Waals surface area (Å²) < 4.78 is 5.46. The van der Waals surface area contributed by atoms with Crippen LogP contribution in [-0.2, 0) is 4.79 Å². The minimum absolute atomic E-state index is 0.00490. The predicted molar refractivity (Wildman–Crippen MR) is 94.3 cm³/mol. The molecule has 0 aliphatic carbocycles. The van der Waals surface area contributed by atoms with Crippen LogP contribution in [0, 0.1) is 12.8 Å². The number of nitrogens with one attached hydrogen (secondary N) is 1. The Labute approximate surface area is 145 Å². The monoisotopic (exact) mass is 337 g/mol. The SMILES string of the molecule is Cc1nc2cc(NC(=O)C3CCN(c4ncccn4)CC3)ccc2o1. The Bertz CT molecular complexity index is 885. The Balaban J connectivity index is 1.38. The van der Waals surface area contributed by atoms with Crippen molar-refractivity contribution in [2.75, 3.05) is 23.3 Å². The number of aryl methyl sites for hydroxylation is 1. The fraction of sp³-hybridized carbons (Fsp3) is 0.333. The number of nitrogens with zero attached hydrogens (tertiary/aromatic N) is 4. The minimum atomic E-state index is -0.00490. The summed E-state index contributed by atoms with van der Waals surface area (Å²) in [4.78, 5) is 27.5. The van der Waals surface area contributed by atoms with Gasteiger partial charge in [-0.05, 0) is 37.1 Å². The molecule has 0 bridgehead atoms. The lowest BCUT2D eigenvalue weighted by molar-refractivity contribution is -0.120. The van der Waals surface area contributed by atoms with E-state index in [4.69, 9.17) is 4.42 Å². The Morgan fingerprint density at radius 3 is 2.76 bits per heavy atom. The van der Waals surface area contributed by atoms with E-state index in [-0.39, 0.29) is 11.8 Å². The van der Waals surface area contributed by atoms with Crippen LogP contribution in [0.2, 0.25) is 0 Å². The van der Waals surface area contributed by atoms with E-state index in [9.17, 15) is 4.79 Å². The van der Waals surface area contributed by atoms with Gasteiger partial charge in [-0.3, -0.25) is 4.79 Å². The van der Waals surface area contributed by atoms with E-state index in [1.54, 1.807) is 18.5 Å². The van der Waals surface area contributed by atoms with E-state index in [0.29, 0.717) is 5.89 Å². The van der Waals surface area contributed by atoms with E-state index in [2.05, 4.69) is 25.2 Å². The first-order valence-electron chi connectivity index (χ1n) is 8.39. The van der Waals surface area contributed by atoms with Crippen molar-refractivity contribution in [2.45, 2.75) is 19.8 Å². The number of fused-ring (bicyclic) bond motifs is 1. The molecule has 4 rings (SSSR count). The number of carbonyl (C=O) groups excluding carboxylic acids is 1. The molecular weight excluding hydrogens is 318 g/mol. The molecular formula is C18H19N5O2. The third-order valence-electron chi connectivity index (χ3n) is 4.46. The first kappa shape index (κ1) is 15.6. The molecule has 0 atom stereocenters. The summed E-state index contributed by atoms with van der Waals surface area (Å²) in [5.41, 5.74) is 2.23. The summed E-state index contributed by atoms with van der Waals surface area (Å²) >= 11 is 0. The molecule has 1 fully saturated rings. The number of rotatable bonds is 3. The van der Waals surface area contributed by atoms with E-state index >= 15 is 0 Å². The topological polar surface area (TPSA) is 84.2 Å². The molecule has 128 valence electrons. The third-order valence-corrected chi connectivity index (χ3v) is 4.46. The quantitative estimate of drug-likeness (QED) is 0.791. The maximum Gasteiger partial charge on any atom is 0.227 e. The van der Waals surface area contributed by atoms with Gasteiger partial charge in [0.15, 0.2) is 11.5 Å². The largest absolute Gasteiger partial charge is 0.441 e. The summed E-state index contributed by atoms with van der Waals surface area (Å²) in [5.74, 6) is 1.39. The Morgan fingerprint density at radius 1 is 1.24 bits per heavy atom. The average Bonchev–Trinajstić information content (AvgIpc) is 3.02. The molecule has 1 aliphatic heterocycles. The Morgan fingerprint density at radius 2 is 2.00 bits per heavy atom.